The van der Waals surface area contributed by atoms with Gasteiger partial charge in [0.2, 0.25) is 0 Å². The molecular weight excluding hydrogens is 179 g/mol. The summed E-state index contributed by atoms with van der Waals surface area (Å²) in [6.45, 7) is 9.51. The van der Waals surface area contributed by atoms with Crippen molar-refractivity contribution >= 4 is 20.5 Å². The molecule has 0 aromatic carbocycles. The van der Waals surface area contributed by atoms with Crippen LogP contribution in [0.1, 0.15) is 34.1 Å². The lowest BCUT2D eigenvalue weighted by molar-refractivity contribution is 0.0715. The minimum Gasteiger partial charge on any atom is -0.379 e. The maximum absolute atomic E-state index is 5.67. The zero-order valence-electron chi connectivity index (χ0n) is 9.42. The van der Waals surface area contributed by atoms with Gasteiger partial charge in [-0.15, -0.1) is 0 Å². The molecule has 1 fully saturated rings. The van der Waals surface area contributed by atoms with Crippen LogP contribution in [-0.2, 0) is 4.74 Å². The van der Waals surface area contributed by atoms with E-state index in [4.69, 9.17) is 17.4 Å². The molecule has 0 radical (unpaired) electrons. The van der Waals surface area contributed by atoms with Gasteiger partial charge in [-0.05, 0) is 31.5 Å². The molecule has 1 aliphatic rings. The van der Waals surface area contributed by atoms with Gasteiger partial charge in [0, 0.05) is 11.4 Å². The lowest BCUT2D eigenvalue weighted by Gasteiger charge is -2.22. The highest BCUT2D eigenvalue weighted by molar-refractivity contribution is 7.82. The molecule has 0 aromatic rings. The van der Waals surface area contributed by atoms with Gasteiger partial charge in [0.15, 0.2) is 0 Å². The normalized spacial score (nSPS) is 38.7. The van der Waals surface area contributed by atoms with E-state index >= 15 is 0 Å². The summed E-state index contributed by atoms with van der Waals surface area (Å²) in [7, 11) is 2.28. The average molecular weight is 200 g/mol. The van der Waals surface area contributed by atoms with E-state index < -0.39 is 0 Å². The van der Waals surface area contributed by atoms with Gasteiger partial charge in [0.25, 0.3) is 0 Å². The average Bonchev–Trinajstić information content (AvgIpc) is 2.54. The Kier molecular flexibility index (Phi) is 3.09. The smallest absolute Gasteiger partial charge is 0.114 e. The first-order valence-corrected chi connectivity index (χ1v) is 5.60. The Balaban J connectivity index is 2.45. The summed E-state index contributed by atoms with van der Waals surface area (Å²) in [5.41, 5.74) is 0. The first-order chi connectivity index (χ1) is 5.82. The van der Waals surface area contributed by atoms with Crippen molar-refractivity contribution in [2.45, 2.75) is 50.3 Å². The van der Waals surface area contributed by atoms with Crippen LogP contribution in [-0.4, -0.2) is 25.3 Å². The highest BCUT2D eigenvalue weighted by atomic mass is 32.1. The Morgan fingerprint density at radius 3 is 2.23 bits per heavy atom. The summed E-state index contributed by atoms with van der Waals surface area (Å²) in [6.07, 6.45) is 1.52. The molecule has 0 aliphatic heterocycles. The molecule has 13 heavy (non-hydrogen) atoms. The van der Waals surface area contributed by atoms with Gasteiger partial charge >= 0.3 is 0 Å². The van der Waals surface area contributed by atoms with Crippen molar-refractivity contribution in [3.8, 4) is 0 Å². The lowest BCUT2D eigenvalue weighted by Crippen LogP contribution is -2.22. The molecule has 1 saturated carbocycles. The molecule has 3 heteroatoms. The summed E-state index contributed by atoms with van der Waals surface area (Å²) in [5.74, 6) is 0.636. The maximum Gasteiger partial charge on any atom is 0.114 e. The standard InChI is InChI=1S/C10H21BOS/c1-7(2)10(13)5-9(10,11)6-12-8(3)4/h7-8,13H,5-6,11H2,1-4H3/t9-,10?/m0/s1. The topological polar surface area (TPSA) is 9.23 Å². The maximum atomic E-state index is 5.67. The van der Waals surface area contributed by atoms with Gasteiger partial charge in [-0.1, -0.05) is 13.8 Å². The molecule has 0 spiro atoms. The highest BCUT2D eigenvalue weighted by Crippen LogP contribution is 2.68. The van der Waals surface area contributed by atoms with Crippen molar-refractivity contribution in [1.29, 1.82) is 0 Å². The summed E-state index contributed by atoms with van der Waals surface area (Å²) in [6, 6.07) is 0. The lowest BCUT2D eigenvalue weighted by atomic mass is 9.79. The van der Waals surface area contributed by atoms with Crippen molar-refractivity contribution in [2.24, 2.45) is 5.92 Å². The molecular formula is C10H21BOS. The molecule has 1 aliphatic carbocycles. The molecule has 1 rings (SSSR count). The number of ether oxygens (including phenoxy) is 1. The number of thiol groups is 1. The Morgan fingerprint density at radius 1 is 1.38 bits per heavy atom. The summed E-state index contributed by atoms with van der Waals surface area (Å²) >= 11 is 4.76. The molecule has 76 valence electrons. The Morgan fingerprint density at radius 2 is 1.92 bits per heavy atom. The van der Waals surface area contributed by atoms with Crippen molar-refractivity contribution in [3.63, 3.8) is 0 Å². The number of hydrogen-bond donors (Lipinski definition) is 1. The highest BCUT2D eigenvalue weighted by Gasteiger charge is 2.63. The molecule has 0 saturated heterocycles. The minimum atomic E-state index is 0.210. The van der Waals surface area contributed by atoms with Crippen LogP contribution in [0.2, 0.25) is 5.31 Å². The van der Waals surface area contributed by atoms with Gasteiger partial charge in [-0.2, -0.15) is 12.6 Å². The molecule has 2 atom stereocenters. The largest absolute Gasteiger partial charge is 0.379 e. The van der Waals surface area contributed by atoms with Crippen molar-refractivity contribution in [3.05, 3.63) is 0 Å². The quantitative estimate of drug-likeness (QED) is 0.539. The summed E-state index contributed by atoms with van der Waals surface area (Å²) < 4.78 is 5.88. The fraction of sp³-hybridized carbons (Fsp3) is 1.00. The first-order valence-electron chi connectivity index (χ1n) is 5.16. The van der Waals surface area contributed by atoms with Crippen LogP contribution in [0.4, 0.5) is 0 Å². The zero-order valence-corrected chi connectivity index (χ0v) is 10.3. The van der Waals surface area contributed by atoms with Crippen LogP contribution >= 0.6 is 12.6 Å². The number of rotatable bonds is 4. The SMILES string of the molecule is B[C@]1(COC(C)C)CC1(S)C(C)C. The Labute approximate surface area is 88.4 Å². The van der Waals surface area contributed by atoms with E-state index in [0.717, 1.165) is 6.61 Å². The van der Waals surface area contributed by atoms with E-state index in [1.165, 1.54) is 6.42 Å². The number of hydrogen-bond acceptors (Lipinski definition) is 2. The van der Waals surface area contributed by atoms with E-state index in [2.05, 4.69) is 35.5 Å². The monoisotopic (exact) mass is 200 g/mol. The Hall–Kier alpha value is 0.375. The summed E-state index contributed by atoms with van der Waals surface area (Å²) in [4.78, 5) is 0. The molecule has 0 amide bonds. The van der Waals surface area contributed by atoms with Crippen LogP contribution in [0.3, 0.4) is 0 Å². The van der Waals surface area contributed by atoms with Crippen LogP contribution in [0, 0.1) is 5.92 Å². The molecule has 0 bridgehead atoms. The second-order valence-electron chi connectivity index (χ2n) is 5.18. The van der Waals surface area contributed by atoms with Crippen LogP contribution in [0.15, 0.2) is 0 Å². The summed E-state index contributed by atoms with van der Waals surface area (Å²) in [5, 5.41) is 0.300. The molecule has 1 unspecified atom stereocenters. The third-order valence-electron chi connectivity index (χ3n) is 3.27. The van der Waals surface area contributed by atoms with Crippen LogP contribution < -0.4 is 0 Å². The Bertz CT molecular complexity index is 195. The van der Waals surface area contributed by atoms with Gasteiger partial charge in [-0.3, -0.25) is 0 Å². The van der Waals surface area contributed by atoms with Crippen LogP contribution in [0.25, 0.3) is 0 Å². The van der Waals surface area contributed by atoms with E-state index in [-0.39, 0.29) is 4.75 Å². The fourth-order valence-corrected chi connectivity index (χ4v) is 2.39. The van der Waals surface area contributed by atoms with Crippen molar-refractivity contribution in [2.75, 3.05) is 6.61 Å². The van der Waals surface area contributed by atoms with E-state index in [9.17, 15) is 0 Å². The fourth-order valence-electron chi connectivity index (χ4n) is 1.98. The third kappa shape index (κ3) is 2.07. The van der Waals surface area contributed by atoms with E-state index in [1.807, 2.05) is 0 Å². The minimum absolute atomic E-state index is 0.210. The van der Waals surface area contributed by atoms with Gasteiger partial charge in [-0.25, -0.2) is 0 Å². The predicted octanol–water partition coefficient (Wildman–Crippen LogP) is 1.93. The molecule has 0 N–H and O–H groups in total. The van der Waals surface area contributed by atoms with Gasteiger partial charge in [0.05, 0.1) is 6.10 Å². The predicted molar refractivity (Wildman–Crippen MR) is 63.5 cm³/mol. The second-order valence-corrected chi connectivity index (χ2v) is 5.97. The zero-order chi connectivity index (χ0) is 10.3. The van der Waals surface area contributed by atoms with Crippen molar-refractivity contribution in [1.82, 2.24) is 0 Å². The van der Waals surface area contributed by atoms with Crippen molar-refractivity contribution < 1.29 is 4.74 Å². The first kappa shape index (κ1) is 11.4. The van der Waals surface area contributed by atoms with Crippen LogP contribution in [0.5, 0.6) is 0 Å². The van der Waals surface area contributed by atoms with E-state index in [1.54, 1.807) is 0 Å². The van der Waals surface area contributed by atoms with Gasteiger partial charge < -0.3 is 4.74 Å². The third-order valence-corrected chi connectivity index (χ3v) is 4.48. The van der Waals surface area contributed by atoms with E-state index in [0.29, 0.717) is 17.3 Å². The molecule has 0 heterocycles. The second kappa shape index (κ2) is 3.50. The molecule has 1 nitrogen and oxygen atoms in total. The molecule has 0 aromatic heterocycles. The van der Waals surface area contributed by atoms with Gasteiger partial charge in [0.1, 0.15) is 7.85 Å².